The molecule has 1 saturated heterocycles. The molecule has 4 heterocycles. The lowest BCUT2D eigenvalue weighted by Crippen LogP contribution is -2.30. The van der Waals surface area contributed by atoms with Gasteiger partial charge < -0.3 is 24.3 Å². The van der Waals surface area contributed by atoms with Crippen LogP contribution < -0.4 is 19.7 Å². The third-order valence-corrected chi connectivity index (χ3v) is 7.05. The van der Waals surface area contributed by atoms with Crippen LogP contribution in [0.1, 0.15) is 40.3 Å². The number of anilines is 1. The first-order valence-corrected chi connectivity index (χ1v) is 12.2. The van der Waals surface area contributed by atoms with Gasteiger partial charge in [-0.1, -0.05) is 12.1 Å². The molecule has 1 aromatic carbocycles. The Balaban J connectivity index is 1.65. The van der Waals surface area contributed by atoms with Crippen molar-refractivity contribution in [3.05, 3.63) is 101 Å². The molecule has 7 nitrogen and oxygen atoms in total. The third kappa shape index (κ3) is 4.28. The summed E-state index contributed by atoms with van der Waals surface area (Å²) in [4.78, 5) is 11.1. The Bertz CT molecular complexity index is 1370. The van der Waals surface area contributed by atoms with Gasteiger partial charge >= 0.3 is 0 Å². The maximum atomic E-state index is 5.92. The fourth-order valence-corrected chi connectivity index (χ4v) is 5.30. The number of hydrogen-bond acceptors (Lipinski definition) is 5. The predicted molar refractivity (Wildman–Crippen MR) is 145 cm³/mol. The van der Waals surface area contributed by atoms with Gasteiger partial charge in [0, 0.05) is 42.6 Å². The first-order valence-electron chi connectivity index (χ1n) is 11.8. The average molecular weight is 500 g/mol. The van der Waals surface area contributed by atoms with Gasteiger partial charge in [-0.15, -0.1) is 0 Å². The topological polar surface area (TPSA) is 64.4 Å². The summed E-state index contributed by atoms with van der Waals surface area (Å²) in [6, 6.07) is 17.8. The van der Waals surface area contributed by atoms with E-state index in [0.717, 1.165) is 29.2 Å². The highest BCUT2D eigenvalue weighted by molar-refractivity contribution is 7.80. The molecule has 1 aliphatic rings. The van der Waals surface area contributed by atoms with E-state index in [1.807, 2.05) is 54.9 Å². The summed E-state index contributed by atoms with van der Waals surface area (Å²) in [6.07, 6.45) is 5.53. The van der Waals surface area contributed by atoms with Gasteiger partial charge in [0.05, 0.1) is 37.7 Å². The number of thiocarbonyl (C=S) groups is 1. The van der Waals surface area contributed by atoms with Crippen LogP contribution in [0.4, 0.5) is 5.69 Å². The summed E-state index contributed by atoms with van der Waals surface area (Å²) in [6.45, 7) is 5.05. The molecule has 5 rings (SSSR count). The van der Waals surface area contributed by atoms with Crippen molar-refractivity contribution in [2.75, 3.05) is 19.1 Å². The van der Waals surface area contributed by atoms with E-state index in [2.05, 4.69) is 50.7 Å². The minimum absolute atomic E-state index is 0.136. The normalized spacial score (nSPS) is 17.2. The van der Waals surface area contributed by atoms with Crippen molar-refractivity contribution in [3.8, 4) is 11.5 Å². The van der Waals surface area contributed by atoms with Crippen molar-refractivity contribution in [1.29, 1.82) is 0 Å². The molecule has 3 aromatic heterocycles. The molecule has 8 heteroatoms. The van der Waals surface area contributed by atoms with E-state index in [1.54, 1.807) is 20.4 Å². The van der Waals surface area contributed by atoms with Crippen LogP contribution in [0, 0.1) is 13.8 Å². The summed E-state index contributed by atoms with van der Waals surface area (Å²) in [5.74, 6) is 1.41. The van der Waals surface area contributed by atoms with Gasteiger partial charge in [-0.2, -0.15) is 0 Å². The highest BCUT2D eigenvalue weighted by Gasteiger charge is 2.43. The van der Waals surface area contributed by atoms with E-state index in [0.29, 0.717) is 10.9 Å². The second-order valence-electron chi connectivity index (χ2n) is 8.81. The zero-order chi connectivity index (χ0) is 25.2. The SMILES string of the molecule is COc1ccc(N2C(=S)N[C@H](c3ccccn3)[C@@H]2c2cc(C)n(Cc3cccnc3)c2C)c(OC)c1. The number of aromatic nitrogens is 3. The van der Waals surface area contributed by atoms with Crippen LogP contribution in [0.2, 0.25) is 0 Å². The third-order valence-electron chi connectivity index (χ3n) is 6.74. The molecule has 0 amide bonds. The lowest BCUT2D eigenvalue weighted by molar-refractivity contribution is 0.394. The molecule has 0 bridgehead atoms. The molecule has 1 N–H and O–H groups in total. The summed E-state index contributed by atoms with van der Waals surface area (Å²) in [5.41, 5.74) is 6.48. The largest absolute Gasteiger partial charge is 0.497 e. The minimum atomic E-state index is -0.141. The van der Waals surface area contributed by atoms with Crippen LogP contribution >= 0.6 is 12.2 Å². The van der Waals surface area contributed by atoms with E-state index in [-0.39, 0.29) is 12.1 Å². The first-order chi connectivity index (χ1) is 17.5. The van der Waals surface area contributed by atoms with Crippen molar-refractivity contribution in [2.45, 2.75) is 32.5 Å². The van der Waals surface area contributed by atoms with Crippen LogP contribution in [0.5, 0.6) is 11.5 Å². The number of methoxy groups -OCH3 is 2. The highest BCUT2D eigenvalue weighted by Crippen LogP contribution is 2.46. The monoisotopic (exact) mass is 499 g/mol. The zero-order valence-corrected chi connectivity index (χ0v) is 21.6. The molecule has 0 saturated carbocycles. The maximum absolute atomic E-state index is 5.92. The number of rotatable bonds is 7. The molecule has 0 radical (unpaired) electrons. The Hall–Kier alpha value is -3.91. The Labute approximate surface area is 216 Å². The van der Waals surface area contributed by atoms with E-state index in [4.69, 9.17) is 21.7 Å². The van der Waals surface area contributed by atoms with Crippen LogP contribution in [0.25, 0.3) is 0 Å². The van der Waals surface area contributed by atoms with Crippen LogP contribution in [0.15, 0.2) is 73.2 Å². The second kappa shape index (κ2) is 9.99. The quantitative estimate of drug-likeness (QED) is 0.353. The fourth-order valence-electron chi connectivity index (χ4n) is 4.96. The van der Waals surface area contributed by atoms with Crippen LogP contribution in [0.3, 0.4) is 0 Å². The molecule has 4 aromatic rings. The minimum Gasteiger partial charge on any atom is -0.497 e. The van der Waals surface area contributed by atoms with Crippen LogP contribution in [-0.4, -0.2) is 33.9 Å². The second-order valence-corrected chi connectivity index (χ2v) is 9.19. The van der Waals surface area contributed by atoms with Crippen molar-refractivity contribution >= 4 is 23.0 Å². The molecular weight excluding hydrogens is 470 g/mol. The lowest BCUT2D eigenvalue weighted by atomic mass is 9.96. The van der Waals surface area contributed by atoms with Gasteiger partial charge in [0.2, 0.25) is 0 Å². The van der Waals surface area contributed by atoms with Gasteiger partial charge in [-0.25, -0.2) is 0 Å². The van der Waals surface area contributed by atoms with E-state index < -0.39 is 0 Å². The number of aryl methyl sites for hydroxylation is 1. The molecule has 0 spiro atoms. The number of ether oxygens (including phenoxy) is 2. The number of nitrogens with one attached hydrogen (secondary N) is 1. The lowest BCUT2D eigenvalue weighted by Gasteiger charge is -2.29. The standard InChI is InChI=1S/C28H29N5O2S/c1-18-14-22(19(2)32(18)17-20-8-7-12-29-16-20)27-26(23-9-5-6-13-30-23)31-28(36)33(27)24-11-10-21(34-3)15-25(24)35-4/h5-16,26-27H,17H2,1-4H3,(H,31,36)/t26-,27+/m1/s1. The molecule has 2 atom stereocenters. The average Bonchev–Trinajstić information content (AvgIpc) is 3.40. The Morgan fingerprint density at radius 2 is 1.86 bits per heavy atom. The fraction of sp³-hybridized carbons (Fsp3) is 0.250. The molecule has 184 valence electrons. The van der Waals surface area contributed by atoms with Gasteiger partial charge in [0.1, 0.15) is 11.5 Å². The summed E-state index contributed by atoms with van der Waals surface area (Å²) < 4.78 is 13.5. The summed E-state index contributed by atoms with van der Waals surface area (Å²) in [5, 5.41) is 4.16. The van der Waals surface area contributed by atoms with E-state index in [9.17, 15) is 0 Å². The van der Waals surface area contributed by atoms with Crippen molar-refractivity contribution in [1.82, 2.24) is 19.9 Å². The highest BCUT2D eigenvalue weighted by atomic mass is 32.1. The maximum Gasteiger partial charge on any atom is 0.174 e. The van der Waals surface area contributed by atoms with Crippen LogP contribution in [-0.2, 0) is 6.54 Å². The van der Waals surface area contributed by atoms with E-state index in [1.165, 1.54) is 17.0 Å². The molecule has 36 heavy (non-hydrogen) atoms. The Kier molecular flexibility index (Phi) is 6.61. The van der Waals surface area contributed by atoms with Crippen molar-refractivity contribution < 1.29 is 9.47 Å². The smallest absolute Gasteiger partial charge is 0.174 e. The van der Waals surface area contributed by atoms with Gasteiger partial charge in [0.25, 0.3) is 0 Å². The molecule has 0 unspecified atom stereocenters. The Morgan fingerprint density at radius 1 is 1.00 bits per heavy atom. The molecule has 1 aliphatic heterocycles. The van der Waals surface area contributed by atoms with Crippen molar-refractivity contribution in [2.24, 2.45) is 0 Å². The van der Waals surface area contributed by atoms with Gasteiger partial charge in [-0.3, -0.25) is 9.97 Å². The number of nitrogens with zero attached hydrogens (tertiary/aromatic N) is 4. The van der Waals surface area contributed by atoms with Gasteiger partial charge in [0.15, 0.2) is 5.11 Å². The summed E-state index contributed by atoms with van der Waals surface area (Å²) >= 11 is 5.92. The number of pyridine rings is 2. The molecule has 1 fully saturated rings. The molecule has 0 aliphatic carbocycles. The van der Waals surface area contributed by atoms with E-state index >= 15 is 0 Å². The van der Waals surface area contributed by atoms with Crippen molar-refractivity contribution in [3.63, 3.8) is 0 Å². The Morgan fingerprint density at radius 3 is 2.56 bits per heavy atom. The zero-order valence-electron chi connectivity index (χ0n) is 20.8. The van der Waals surface area contributed by atoms with Gasteiger partial charge in [-0.05, 0) is 73.6 Å². The number of hydrogen-bond donors (Lipinski definition) is 1. The first kappa shape index (κ1) is 23.8. The summed E-state index contributed by atoms with van der Waals surface area (Å²) in [7, 11) is 3.31. The predicted octanol–water partition coefficient (Wildman–Crippen LogP) is 5.14. The number of benzene rings is 1. The molecular formula is C28H29N5O2S.